The normalized spacial score (nSPS) is 29.9. The van der Waals surface area contributed by atoms with Gasteiger partial charge in [-0.25, -0.2) is 18.6 Å². The van der Waals surface area contributed by atoms with Gasteiger partial charge < -0.3 is 19.9 Å². The molecule has 6 rings (SSSR count). The molecule has 1 aromatic carbocycles. The molecule has 2 saturated heterocycles. The van der Waals surface area contributed by atoms with E-state index in [4.69, 9.17) is 9.47 Å². The predicted octanol–water partition coefficient (Wildman–Crippen LogP) is 2.89. The molecule has 3 aliphatic heterocycles. The number of carboxylic acids is 1. The van der Waals surface area contributed by atoms with Gasteiger partial charge in [0.1, 0.15) is 6.04 Å². The molecular weight excluding hydrogens is 518 g/mol. The van der Waals surface area contributed by atoms with Crippen LogP contribution in [0, 0.1) is 23.0 Å². The van der Waals surface area contributed by atoms with E-state index in [9.17, 15) is 19.1 Å². The average Bonchev–Trinajstić information content (AvgIpc) is 3.57. The fraction of sp³-hybridized carbons (Fsp3) is 0.462. The average molecular weight is 545 g/mol. The Morgan fingerprint density at radius 3 is 2.92 bits per heavy atom. The van der Waals surface area contributed by atoms with Crippen LogP contribution in [0.25, 0.3) is 0 Å². The highest BCUT2D eigenvalue weighted by molar-refractivity contribution is 7.11. The van der Waals surface area contributed by atoms with E-state index in [-0.39, 0.29) is 54.1 Å². The second-order valence-electron chi connectivity index (χ2n) is 9.96. The Kier molecular flexibility index (Phi) is 6.28. The zero-order chi connectivity index (χ0) is 26.6. The highest BCUT2D eigenvalue weighted by Gasteiger charge is 2.73. The van der Waals surface area contributed by atoms with E-state index >= 15 is 4.39 Å². The van der Waals surface area contributed by atoms with Crippen molar-refractivity contribution in [3.8, 4) is 0 Å². The molecule has 3 fully saturated rings. The SMILES string of the molecule is CCOC(=O)C1=C(CN2[C@@H]3COCC34[C@@H](CC(=O)O)C[C@@H]24)NC(c2nccs2)=N[C@H]1c1cccc(F)c1F. The standard InChI is InChI=1S/C26H26F2N4O5S/c1-2-37-25(35)20-16(10-32-17-8-13(9-19(33)34)26(17)12-36-11-18(26)32)30-23(24-29-6-7-38-24)31-22(20)14-4-3-5-15(27)21(14)28/h3-7,13,17-18,22H,2,8-12H2,1H3,(H,30,31)(H,33,34)/t13-,17-,18-,22+,26?/m1/s1. The highest BCUT2D eigenvalue weighted by atomic mass is 32.1. The number of thiazole rings is 1. The van der Waals surface area contributed by atoms with Gasteiger partial charge in [-0.15, -0.1) is 11.3 Å². The number of carbonyl (C=O) groups excluding carboxylic acids is 1. The van der Waals surface area contributed by atoms with Crippen molar-refractivity contribution in [3.05, 3.63) is 63.3 Å². The molecule has 200 valence electrons. The third-order valence-electron chi connectivity index (χ3n) is 8.23. The molecule has 5 atom stereocenters. The number of carboxylic acid groups (broad SMARTS) is 1. The number of aliphatic carboxylic acids is 1. The van der Waals surface area contributed by atoms with Crippen molar-refractivity contribution in [1.29, 1.82) is 0 Å². The first-order chi connectivity index (χ1) is 18.3. The number of amidine groups is 1. The minimum atomic E-state index is -1.15. The first-order valence-corrected chi connectivity index (χ1v) is 13.4. The van der Waals surface area contributed by atoms with Crippen molar-refractivity contribution >= 4 is 29.1 Å². The van der Waals surface area contributed by atoms with E-state index in [1.54, 1.807) is 18.5 Å². The lowest BCUT2D eigenvalue weighted by molar-refractivity contribution is -0.222. The van der Waals surface area contributed by atoms with Crippen LogP contribution in [0.1, 0.15) is 36.4 Å². The molecule has 4 aliphatic rings. The van der Waals surface area contributed by atoms with Gasteiger partial charge in [-0.2, -0.15) is 0 Å². The predicted molar refractivity (Wildman–Crippen MR) is 132 cm³/mol. The van der Waals surface area contributed by atoms with Crippen LogP contribution < -0.4 is 5.32 Å². The fourth-order valence-electron chi connectivity index (χ4n) is 6.57. The maximum Gasteiger partial charge on any atom is 0.338 e. The number of hydrogen-bond acceptors (Lipinski definition) is 9. The topological polar surface area (TPSA) is 113 Å². The number of aromatic nitrogens is 1. The molecule has 1 saturated carbocycles. The Morgan fingerprint density at radius 2 is 2.18 bits per heavy atom. The number of piperidine rings is 1. The van der Waals surface area contributed by atoms with E-state index in [1.807, 2.05) is 0 Å². The zero-order valence-electron chi connectivity index (χ0n) is 20.5. The van der Waals surface area contributed by atoms with Crippen molar-refractivity contribution in [2.24, 2.45) is 16.3 Å². The number of nitrogens with one attached hydrogen (secondary N) is 1. The summed E-state index contributed by atoms with van der Waals surface area (Å²) in [6.45, 7) is 3.03. The Labute approximate surface area is 221 Å². The summed E-state index contributed by atoms with van der Waals surface area (Å²) in [6, 6.07) is 2.76. The maximum absolute atomic E-state index is 15.1. The molecular formula is C26H26F2N4O5S. The first kappa shape index (κ1) is 25.1. The first-order valence-electron chi connectivity index (χ1n) is 12.5. The minimum absolute atomic E-state index is 0.00474. The summed E-state index contributed by atoms with van der Waals surface area (Å²) in [4.78, 5) is 35.9. The molecule has 4 heterocycles. The van der Waals surface area contributed by atoms with Crippen LogP contribution in [0.3, 0.4) is 0 Å². The van der Waals surface area contributed by atoms with E-state index in [1.165, 1.54) is 23.5 Å². The van der Waals surface area contributed by atoms with Gasteiger partial charge in [-0.3, -0.25) is 14.7 Å². The molecule has 0 radical (unpaired) electrons. The minimum Gasteiger partial charge on any atom is -0.481 e. The third-order valence-corrected chi connectivity index (χ3v) is 9.01. The molecule has 1 unspecified atom stereocenters. The van der Waals surface area contributed by atoms with Crippen molar-refractivity contribution < 1.29 is 33.0 Å². The van der Waals surface area contributed by atoms with E-state index in [0.717, 1.165) is 6.07 Å². The van der Waals surface area contributed by atoms with Gasteiger partial charge in [0.15, 0.2) is 22.5 Å². The number of hydrogen-bond donors (Lipinski definition) is 2. The van der Waals surface area contributed by atoms with Crippen LogP contribution in [0.4, 0.5) is 8.78 Å². The Bertz CT molecular complexity index is 1350. The molecule has 2 aromatic rings. The van der Waals surface area contributed by atoms with Gasteiger partial charge in [0.2, 0.25) is 0 Å². The summed E-state index contributed by atoms with van der Waals surface area (Å²) in [7, 11) is 0. The summed E-state index contributed by atoms with van der Waals surface area (Å²) < 4.78 is 40.5. The number of esters is 1. The Morgan fingerprint density at radius 1 is 1.34 bits per heavy atom. The van der Waals surface area contributed by atoms with Crippen LogP contribution in [-0.4, -0.2) is 71.2 Å². The van der Waals surface area contributed by atoms with Crippen molar-refractivity contribution in [1.82, 2.24) is 15.2 Å². The Balaban J connectivity index is 1.40. The van der Waals surface area contributed by atoms with Crippen LogP contribution in [0.15, 0.2) is 46.0 Å². The highest BCUT2D eigenvalue weighted by Crippen LogP contribution is 2.65. The van der Waals surface area contributed by atoms with Crippen molar-refractivity contribution in [2.75, 3.05) is 26.4 Å². The molecule has 38 heavy (non-hydrogen) atoms. The number of carbonyl (C=O) groups is 2. The number of nitrogens with zero attached hydrogens (tertiary/aromatic N) is 3. The monoisotopic (exact) mass is 544 g/mol. The molecule has 1 spiro atoms. The summed E-state index contributed by atoms with van der Waals surface area (Å²) in [5.41, 5.74) is 0.292. The van der Waals surface area contributed by atoms with Gasteiger partial charge in [0, 0.05) is 53.3 Å². The van der Waals surface area contributed by atoms with E-state index in [0.29, 0.717) is 36.2 Å². The summed E-state index contributed by atoms with van der Waals surface area (Å²) in [6.07, 6.45) is 2.42. The fourth-order valence-corrected chi connectivity index (χ4v) is 7.16. The van der Waals surface area contributed by atoms with Gasteiger partial charge in [-0.1, -0.05) is 12.1 Å². The largest absolute Gasteiger partial charge is 0.481 e. The Hall–Kier alpha value is -3.22. The number of benzene rings is 1. The molecule has 12 heteroatoms. The van der Waals surface area contributed by atoms with Crippen LogP contribution in [0.2, 0.25) is 0 Å². The smallest absolute Gasteiger partial charge is 0.338 e. The quantitative estimate of drug-likeness (QED) is 0.488. The van der Waals surface area contributed by atoms with Crippen LogP contribution in [0.5, 0.6) is 0 Å². The van der Waals surface area contributed by atoms with Gasteiger partial charge in [0.25, 0.3) is 0 Å². The summed E-state index contributed by atoms with van der Waals surface area (Å²) in [5, 5.41) is 14.9. The molecule has 1 aliphatic carbocycles. The lowest BCUT2D eigenvalue weighted by atomic mass is 9.46. The maximum atomic E-state index is 15.1. The summed E-state index contributed by atoms with van der Waals surface area (Å²) >= 11 is 1.33. The van der Waals surface area contributed by atoms with Crippen LogP contribution in [-0.2, 0) is 19.1 Å². The molecule has 1 aromatic heterocycles. The number of likely N-dealkylation sites (tertiary alicyclic amines) is 1. The van der Waals surface area contributed by atoms with Gasteiger partial charge in [-0.05, 0) is 25.3 Å². The number of rotatable bonds is 8. The molecule has 9 nitrogen and oxygen atoms in total. The second-order valence-corrected chi connectivity index (χ2v) is 10.9. The van der Waals surface area contributed by atoms with Gasteiger partial charge >= 0.3 is 11.9 Å². The number of halogens is 2. The van der Waals surface area contributed by atoms with Crippen molar-refractivity contribution in [3.63, 3.8) is 0 Å². The molecule has 2 N–H and O–H groups in total. The molecule has 0 amide bonds. The second kappa shape index (κ2) is 9.51. The number of aliphatic imine (C=N–C) groups is 1. The number of ether oxygens (including phenoxy) is 2. The van der Waals surface area contributed by atoms with Crippen LogP contribution >= 0.6 is 11.3 Å². The third kappa shape index (κ3) is 3.76. The van der Waals surface area contributed by atoms with E-state index < -0.39 is 29.6 Å². The van der Waals surface area contributed by atoms with Gasteiger partial charge in [0.05, 0.1) is 25.4 Å². The molecule has 0 bridgehead atoms. The lowest BCUT2D eigenvalue weighted by Crippen LogP contribution is -2.80. The summed E-state index contributed by atoms with van der Waals surface area (Å²) in [5.74, 6) is -3.22. The zero-order valence-corrected chi connectivity index (χ0v) is 21.3. The van der Waals surface area contributed by atoms with Crippen molar-refractivity contribution in [2.45, 2.75) is 37.9 Å². The van der Waals surface area contributed by atoms with E-state index in [2.05, 4.69) is 20.2 Å². The lowest BCUT2D eigenvalue weighted by Gasteiger charge is -2.71.